The summed E-state index contributed by atoms with van der Waals surface area (Å²) in [7, 11) is -3.11. The minimum atomic E-state index is -3.11. The molecule has 0 aliphatic carbocycles. The Kier molecular flexibility index (Phi) is 6.71. The van der Waals surface area contributed by atoms with Crippen molar-refractivity contribution in [2.75, 3.05) is 24.7 Å². The number of hydrogen-bond donors (Lipinski definition) is 2. The molecule has 1 aliphatic heterocycles. The second kappa shape index (κ2) is 9.25. The maximum Gasteiger partial charge on any atom is 0.322 e. The van der Waals surface area contributed by atoms with Crippen molar-refractivity contribution in [3.63, 3.8) is 0 Å². The highest BCUT2D eigenvalue weighted by Crippen LogP contribution is 2.19. The Balaban J connectivity index is 1.51. The van der Waals surface area contributed by atoms with E-state index < -0.39 is 15.1 Å². The van der Waals surface area contributed by atoms with Crippen LogP contribution in [0.3, 0.4) is 0 Å². The molecular weight excluding hydrogens is 404 g/mol. The maximum atomic E-state index is 12.5. The Morgan fingerprint density at radius 1 is 1.17 bits per heavy atom. The van der Waals surface area contributed by atoms with E-state index in [-0.39, 0.29) is 18.5 Å². The lowest BCUT2D eigenvalue weighted by molar-refractivity contribution is 0.0953. The van der Waals surface area contributed by atoms with Gasteiger partial charge in [0.2, 0.25) is 0 Å². The molecule has 3 rings (SSSR count). The summed E-state index contributed by atoms with van der Waals surface area (Å²) < 4.78 is 22.8. The number of pyridine rings is 1. The molecule has 0 radical (unpaired) electrons. The van der Waals surface area contributed by atoms with Gasteiger partial charge in [0.1, 0.15) is 9.84 Å². The lowest BCUT2D eigenvalue weighted by Gasteiger charge is -2.28. The second-order valence-electron chi connectivity index (χ2n) is 7.51. The standard InChI is InChI=1S/C21H26N4O4S/c1-15(30(2,28)29)7-11-23-20(26)17-3-5-19(6-4-17)24-21(27)25-12-9-16-8-10-22-13-18(16)14-25/h3-6,8,10,13,15H,7,9,11-12,14H2,1-2H3,(H,23,26)(H,24,27). The van der Waals surface area contributed by atoms with Crippen LogP contribution in [-0.2, 0) is 22.8 Å². The van der Waals surface area contributed by atoms with Crippen LogP contribution in [0.25, 0.3) is 0 Å². The van der Waals surface area contributed by atoms with Crippen LogP contribution in [0.15, 0.2) is 42.7 Å². The summed E-state index contributed by atoms with van der Waals surface area (Å²) in [5, 5.41) is 5.06. The summed E-state index contributed by atoms with van der Waals surface area (Å²) in [5.41, 5.74) is 3.31. The van der Waals surface area contributed by atoms with Gasteiger partial charge in [-0.05, 0) is 61.2 Å². The number of carbonyl (C=O) groups excluding carboxylic acids is 2. The monoisotopic (exact) mass is 430 g/mol. The van der Waals surface area contributed by atoms with Crippen molar-refractivity contribution in [3.8, 4) is 0 Å². The molecule has 1 unspecified atom stereocenters. The largest absolute Gasteiger partial charge is 0.352 e. The van der Waals surface area contributed by atoms with E-state index >= 15 is 0 Å². The zero-order valence-electron chi connectivity index (χ0n) is 17.1. The summed E-state index contributed by atoms with van der Waals surface area (Å²) in [6.07, 6.45) is 5.89. The van der Waals surface area contributed by atoms with E-state index in [0.717, 1.165) is 12.0 Å². The van der Waals surface area contributed by atoms with Crippen molar-refractivity contribution in [1.82, 2.24) is 15.2 Å². The first kappa shape index (κ1) is 21.8. The molecule has 30 heavy (non-hydrogen) atoms. The van der Waals surface area contributed by atoms with Crippen molar-refractivity contribution >= 4 is 27.5 Å². The first-order valence-electron chi connectivity index (χ1n) is 9.79. The number of benzene rings is 1. The van der Waals surface area contributed by atoms with Gasteiger partial charge in [-0.25, -0.2) is 13.2 Å². The van der Waals surface area contributed by atoms with E-state index in [0.29, 0.717) is 30.8 Å². The fourth-order valence-electron chi connectivity index (χ4n) is 3.17. The Morgan fingerprint density at radius 2 is 1.90 bits per heavy atom. The second-order valence-corrected chi connectivity index (χ2v) is 9.97. The molecule has 0 saturated heterocycles. The Hall–Kier alpha value is -2.94. The number of hydrogen-bond acceptors (Lipinski definition) is 5. The molecule has 1 aromatic carbocycles. The highest BCUT2D eigenvalue weighted by Gasteiger charge is 2.21. The fourth-order valence-corrected chi connectivity index (χ4v) is 3.71. The van der Waals surface area contributed by atoms with Gasteiger partial charge in [0.15, 0.2) is 0 Å². The van der Waals surface area contributed by atoms with Gasteiger partial charge < -0.3 is 15.5 Å². The molecule has 160 valence electrons. The number of fused-ring (bicyclic) bond motifs is 1. The average molecular weight is 431 g/mol. The first-order valence-corrected chi connectivity index (χ1v) is 11.7. The summed E-state index contributed by atoms with van der Waals surface area (Å²) in [6, 6.07) is 8.38. The molecule has 1 aromatic heterocycles. The van der Waals surface area contributed by atoms with Crippen LogP contribution in [0.4, 0.5) is 10.5 Å². The molecule has 3 amide bonds. The lowest BCUT2D eigenvalue weighted by Crippen LogP contribution is -2.38. The summed E-state index contributed by atoms with van der Waals surface area (Å²) in [4.78, 5) is 30.6. The van der Waals surface area contributed by atoms with E-state index in [1.807, 2.05) is 6.07 Å². The van der Waals surface area contributed by atoms with Crippen LogP contribution < -0.4 is 10.6 Å². The number of urea groups is 1. The quantitative estimate of drug-likeness (QED) is 0.731. The number of aromatic nitrogens is 1. The number of anilines is 1. The maximum absolute atomic E-state index is 12.5. The minimum Gasteiger partial charge on any atom is -0.352 e. The topological polar surface area (TPSA) is 108 Å². The number of carbonyl (C=O) groups is 2. The highest BCUT2D eigenvalue weighted by atomic mass is 32.2. The van der Waals surface area contributed by atoms with Crippen LogP contribution in [0.5, 0.6) is 0 Å². The number of nitrogens with zero attached hydrogens (tertiary/aromatic N) is 2. The van der Waals surface area contributed by atoms with Gasteiger partial charge in [0.05, 0.1) is 5.25 Å². The van der Waals surface area contributed by atoms with Crippen molar-refractivity contribution in [2.45, 2.75) is 31.6 Å². The number of amides is 3. The van der Waals surface area contributed by atoms with Gasteiger partial charge in [-0.1, -0.05) is 0 Å². The van der Waals surface area contributed by atoms with E-state index in [9.17, 15) is 18.0 Å². The zero-order valence-corrected chi connectivity index (χ0v) is 17.9. The molecule has 1 aliphatic rings. The molecule has 8 nitrogen and oxygen atoms in total. The van der Waals surface area contributed by atoms with E-state index in [2.05, 4.69) is 15.6 Å². The predicted molar refractivity (Wildman–Crippen MR) is 115 cm³/mol. The molecule has 0 spiro atoms. The van der Waals surface area contributed by atoms with E-state index in [1.165, 1.54) is 11.8 Å². The number of sulfone groups is 1. The zero-order chi connectivity index (χ0) is 21.7. The first-order chi connectivity index (χ1) is 14.2. The minimum absolute atomic E-state index is 0.198. The third-order valence-electron chi connectivity index (χ3n) is 5.27. The Morgan fingerprint density at radius 3 is 2.60 bits per heavy atom. The van der Waals surface area contributed by atoms with Gasteiger partial charge in [-0.2, -0.15) is 0 Å². The number of nitrogens with one attached hydrogen (secondary N) is 2. The van der Waals surface area contributed by atoms with Gasteiger partial charge in [-0.15, -0.1) is 0 Å². The van der Waals surface area contributed by atoms with Gasteiger partial charge in [0, 0.05) is 49.5 Å². The van der Waals surface area contributed by atoms with Crippen LogP contribution in [0.1, 0.15) is 34.8 Å². The Labute approximate surface area is 176 Å². The Bertz CT molecular complexity index is 1020. The normalized spacial score (nSPS) is 14.5. The molecular formula is C21H26N4O4S. The molecule has 2 heterocycles. The fraction of sp³-hybridized carbons (Fsp3) is 0.381. The van der Waals surface area contributed by atoms with Crippen LogP contribution in [0, 0.1) is 0 Å². The lowest BCUT2D eigenvalue weighted by atomic mass is 10.0. The third-order valence-corrected chi connectivity index (χ3v) is 6.97. The molecule has 2 aromatic rings. The predicted octanol–water partition coefficient (Wildman–Crippen LogP) is 2.22. The van der Waals surface area contributed by atoms with Gasteiger partial charge >= 0.3 is 6.03 Å². The molecule has 0 saturated carbocycles. The molecule has 0 fully saturated rings. The number of rotatable bonds is 6. The van der Waals surface area contributed by atoms with Crippen LogP contribution in [-0.4, -0.2) is 54.8 Å². The third kappa shape index (κ3) is 5.56. The smallest absolute Gasteiger partial charge is 0.322 e. The van der Waals surface area contributed by atoms with Crippen molar-refractivity contribution < 1.29 is 18.0 Å². The van der Waals surface area contributed by atoms with Crippen LogP contribution >= 0.6 is 0 Å². The van der Waals surface area contributed by atoms with Crippen molar-refractivity contribution in [2.24, 2.45) is 0 Å². The van der Waals surface area contributed by atoms with Crippen LogP contribution in [0.2, 0.25) is 0 Å². The summed E-state index contributed by atoms with van der Waals surface area (Å²) in [6.45, 7) is 3.05. The average Bonchev–Trinajstić information content (AvgIpc) is 2.73. The van der Waals surface area contributed by atoms with Crippen molar-refractivity contribution in [3.05, 3.63) is 59.4 Å². The summed E-state index contributed by atoms with van der Waals surface area (Å²) >= 11 is 0. The molecule has 0 bridgehead atoms. The van der Waals surface area contributed by atoms with E-state index in [1.54, 1.807) is 48.5 Å². The molecule has 9 heteroatoms. The SMILES string of the molecule is CC(CCNC(=O)c1ccc(NC(=O)N2CCc3ccncc3C2)cc1)S(C)(=O)=O. The molecule has 1 atom stereocenters. The highest BCUT2D eigenvalue weighted by molar-refractivity contribution is 7.91. The van der Waals surface area contributed by atoms with Gasteiger partial charge in [-0.3, -0.25) is 9.78 Å². The van der Waals surface area contributed by atoms with Gasteiger partial charge in [0.25, 0.3) is 5.91 Å². The van der Waals surface area contributed by atoms with E-state index in [4.69, 9.17) is 0 Å². The summed E-state index contributed by atoms with van der Waals surface area (Å²) in [5.74, 6) is -0.284. The molecule has 2 N–H and O–H groups in total. The van der Waals surface area contributed by atoms with Crippen molar-refractivity contribution in [1.29, 1.82) is 0 Å².